The highest BCUT2D eigenvalue weighted by atomic mass is 19.2. The van der Waals surface area contributed by atoms with Crippen molar-refractivity contribution in [2.45, 2.75) is 25.8 Å². The van der Waals surface area contributed by atoms with Gasteiger partial charge in [-0.1, -0.05) is 12.1 Å². The molecule has 6 nitrogen and oxygen atoms in total. The number of hydrogen-bond donors (Lipinski definition) is 2. The van der Waals surface area contributed by atoms with Gasteiger partial charge in [0.05, 0.1) is 0 Å². The highest BCUT2D eigenvalue weighted by Gasteiger charge is 2.37. The zero-order valence-electron chi connectivity index (χ0n) is 15.5. The number of aryl methyl sites for hydroxylation is 1. The molecule has 0 spiro atoms. The van der Waals surface area contributed by atoms with E-state index in [0.29, 0.717) is 31.5 Å². The van der Waals surface area contributed by atoms with Gasteiger partial charge in [0.2, 0.25) is 17.7 Å². The Morgan fingerprint density at radius 2 is 2.00 bits per heavy atom. The molecule has 1 unspecified atom stereocenters. The lowest BCUT2D eigenvalue weighted by Crippen LogP contribution is -2.36. The number of benzene rings is 2. The maximum absolute atomic E-state index is 13.7. The number of fused-ring (bicyclic) bond motifs is 1. The smallest absolute Gasteiger partial charge is 0.239 e. The lowest BCUT2D eigenvalue weighted by molar-refractivity contribution is -0.132. The van der Waals surface area contributed by atoms with Crippen LogP contribution in [-0.2, 0) is 27.3 Å². The van der Waals surface area contributed by atoms with Crippen LogP contribution in [0.5, 0.6) is 0 Å². The predicted molar refractivity (Wildman–Crippen MR) is 102 cm³/mol. The van der Waals surface area contributed by atoms with Gasteiger partial charge in [-0.3, -0.25) is 14.4 Å². The fourth-order valence-corrected chi connectivity index (χ4v) is 3.71. The van der Waals surface area contributed by atoms with E-state index in [-0.39, 0.29) is 23.9 Å². The Bertz CT molecular complexity index is 1010. The average molecular weight is 399 g/mol. The quantitative estimate of drug-likeness (QED) is 0.776. The normalized spacial score (nSPS) is 18.4. The number of halogens is 2. The van der Waals surface area contributed by atoms with Crippen molar-refractivity contribution < 1.29 is 23.2 Å². The van der Waals surface area contributed by atoms with Crippen molar-refractivity contribution in [2.75, 3.05) is 16.8 Å². The van der Waals surface area contributed by atoms with E-state index in [2.05, 4.69) is 10.6 Å². The molecule has 0 bridgehead atoms. The zero-order valence-corrected chi connectivity index (χ0v) is 15.5. The number of amides is 3. The molecule has 3 amide bonds. The maximum atomic E-state index is 13.7. The molecule has 2 heterocycles. The fourth-order valence-electron chi connectivity index (χ4n) is 3.71. The summed E-state index contributed by atoms with van der Waals surface area (Å²) in [6.45, 7) is 0.196. The van der Waals surface area contributed by atoms with Crippen LogP contribution >= 0.6 is 0 Å². The van der Waals surface area contributed by atoms with Gasteiger partial charge in [0, 0.05) is 36.4 Å². The van der Waals surface area contributed by atoms with E-state index in [0.717, 1.165) is 17.3 Å². The van der Waals surface area contributed by atoms with E-state index >= 15 is 0 Å². The summed E-state index contributed by atoms with van der Waals surface area (Å²) in [6.07, 6.45) is 1.33. The Morgan fingerprint density at radius 1 is 1.17 bits per heavy atom. The zero-order chi connectivity index (χ0) is 20.5. The summed E-state index contributed by atoms with van der Waals surface area (Å²) in [6, 6.07) is 9.10. The molecule has 2 aromatic carbocycles. The van der Waals surface area contributed by atoms with Gasteiger partial charge in [-0.15, -0.1) is 0 Å². The SMILES string of the molecule is O=C1CCc2cc(N3CCC(C(=O)NCc4cccc(F)c4F)C3=O)ccc2N1. The molecule has 4 rings (SSSR count). The second kappa shape index (κ2) is 7.62. The largest absolute Gasteiger partial charge is 0.351 e. The first-order chi connectivity index (χ1) is 13.9. The minimum absolute atomic E-state index is 0.0254. The molecule has 150 valence electrons. The molecule has 0 saturated carbocycles. The monoisotopic (exact) mass is 399 g/mol. The van der Waals surface area contributed by atoms with Gasteiger partial charge in [0.1, 0.15) is 5.92 Å². The second-order valence-corrected chi connectivity index (χ2v) is 7.15. The molecule has 2 aliphatic rings. The van der Waals surface area contributed by atoms with Crippen LogP contribution in [0, 0.1) is 17.6 Å². The first-order valence-corrected chi connectivity index (χ1v) is 9.39. The Balaban J connectivity index is 1.43. The van der Waals surface area contributed by atoms with E-state index in [1.807, 2.05) is 6.07 Å². The minimum atomic E-state index is -1.01. The molecule has 8 heteroatoms. The van der Waals surface area contributed by atoms with E-state index in [1.165, 1.54) is 12.1 Å². The van der Waals surface area contributed by atoms with Gasteiger partial charge in [-0.2, -0.15) is 0 Å². The summed E-state index contributed by atoms with van der Waals surface area (Å²) in [5.41, 5.74) is 2.39. The summed E-state index contributed by atoms with van der Waals surface area (Å²) in [7, 11) is 0. The van der Waals surface area contributed by atoms with Crippen LogP contribution in [-0.4, -0.2) is 24.3 Å². The highest BCUT2D eigenvalue weighted by Crippen LogP contribution is 2.31. The maximum Gasteiger partial charge on any atom is 0.239 e. The molecule has 1 atom stereocenters. The molecule has 0 aliphatic carbocycles. The summed E-state index contributed by atoms with van der Waals surface area (Å²) in [5, 5.41) is 5.32. The van der Waals surface area contributed by atoms with Gasteiger partial charge in [-0.05, 0) is 42.7 Å². The van der Waals surface area contributed by atoms with Crippen LogP contribution in [0.2, 0.25) is 0 Å². The van der Waals surface area contributed by atoms with Crippen LogP contribution in [0.1, 0.15) is 24.0 Å². The van der Waals surface area contributed by atoms with Crippen LogP contribution in [0.4, 0.5) is 20.2 Å². The molecule has 0 radical (unpaired) electrons. The first-order valence-electron chi connectivity index (χ1n) is 9.39. The number of carbonyl (C=O) groups is 3. The topological polar surface area (TPSA) is 78.5 Å². The predicted octanol–water partition coefficient (Wildman–Crippen LogP) is 2.52. The molecule has 2 N–H and O–H groups in total. The molecular weight excluding hydrogens is 380 g/mol. The Hall–Kier alpha value is -3.29. The minimum Gasteiger partial charge on any atom is -0.351 e. The van der Waals surface area contributed by atoms with Crippen molar-refractivity contribution in [3.63, 3.8) is 0 Å². The van der Waals surface area contributed by atoms with Gasteiger partial charge in [0.15, 0.2) is 11.6 Å². The van der Waals surface area contributed by atoms with Crippen molar-refractivity contribution >= 4 is 29.1 Å². The van der Waals surface area contributed by atoms with Crippen LogP contribution < -0.4 is 15.5 Å². The van der Waals surface area contributed by atoms with Crippen molar-refractivity contribution in [1.82, 2.24) is 5.32 Å². The Labute approximate surface area is 165 Å². The van der Waals surface area contributed by atoms with Gasteiger partial charge >= 0.3 is 0 Å². The number of carbonyl (C=O) groups excluding carboxylic acids is 3. The molecule has 1 fully saturated rings. The average Bonchev–Trinajstić information content (AvgIpc) is 3.10. The number of hydrogen-bond acceptors (Lipinski definition) is 3. The highest BCUT2D eigenvalue weighted by molar-refractivity contribution is 6.09. The lowest BCUT2D eigenvalue weighted by atomic mass is 10.0. The van der Waals surface area contributed by atoms with Crippen molar-refractivity contribution in [2.24, 2.45) is 5.92 Å². The van der Waals surface area contributed by atoms with E-state index in [4.69, 9.17) is 0 Å². The van der Waals surface area contributed by atoms with Crippen LogP contribution in [0.3, 0.4) is 0 Å². The number of nitrogens with zero attached hydrogens (tertiary/aromatic N) is 1. The Morgan fingerprint density at radius 3 is 2.83 bits per heavy atom. The van der Waals surface area contributed by atoms with E-state index in [9.17, 15) is 23.2 Å². The summed E-state index contributed by atoms with van der Waals surface area (Å²) < 4.78 is 27.0. The number of nitrogens with one attached hydrogen (secondary N) is 2. The summed E-state index contributed by atoms with van der Waals surface area (Å²) in [4.78, 5) is 38.2. The third-order valence-corrected chi connectivity index (χ3v) is 5.30. The number of rotatable bonds is 4. The standard InChI is InChI=1S/C21H19F2N3O3/c22-16-3-1-2-13(19(16)23)11-24-20(28)15-8-9-26(21(15)29)14-5-6-17-12(10-14)4-7-18(27)25-17/h1-3,5-6,10,15H,4,7-9,11H2,(H,24,28)(H,25,27). The molecular formula is C21H19F2N3O3. The molecule has 0 aromatic heterocycles. The van der Waals surface area contributed by atoms with Gasteiger partial charge in [-0.25, -0.2) is 8.78 Å². The van der Waals surface area contributed by atoms with Crippen molar-refractivity contribution in [1.29, 1.82) is 0 Å². The third kappa shape index (κ3) is 3.70. The Kier molecular flexibility index (Phi) is 5.00. The first kappa shape index (κ1) is 19.0. The van der Waals surface area contributed by atoms with E-state index < -0.39 is 23.5 Å². The van der Waals surface area contributed by atoms with Gasteiger partial charge < -0.3 is 15.5 Å². The van der Waals surface area contributed by atoms with Crippen molar-refractivity contribution in [3.05, 3.63) is 59.2 Å². The molecule has 1 saturated heterocycles. The van der Waals surface area contributed by atoms with Crippen LogP contribution in [0.25, 0.3) is 0 Å². The lowest BCUT2D eigenvalue weighted by Gasteiger charge is -2.22. The molecule has 2 aromatic rings. The van der Waals surface area contributed by atoms with Gasteiger partial charge in [0.25, 0.3) is 0 Å². The summed E-state index contributed by atoms with van der Waals surface area (Å²) in [5.74, 6) is -3.73. The van der Waals surface area contributed by atoms with Crippen LogP contribution in [0.15, 0.2) is 36.4 Å². The third-order valence-electron chi connectivity index (χ3n) is 5.30. The molecule has 2 aliphatic heterocycles. The second-order valence-electron chi connectivity index (χ2n) is 7.15. The van der Waals surface area contributed by atoms with Crippen molar-refractivity contribution in [3.8, 4) is 0 Å². The van der Waals surface area contributed by atoms with E-state index in [1.54, 1.807) is 17.0 Å². The molecule has 29 heavy (non-hydrogen) atoms. The summed E-state index contributed by atoms with van der Waals surface area (Å²) >= 11 is 0. The fraction of sp³-hybridized carbons (Fsp3) is 0.286. The number of anilines is 2.